The highest BCUT2D eigenvalue weighted by Gasteiger charge is 2.48. The number of amides is 2. The lowest BCUT2D eigenvalue weighted by molar-refractivity contribution is -0.138. The van der Waals surface area contributed by atoms with Gasteiger partial charge in [0.15, 0.2) is 0 Å². The minimum Gasteiger partial charge on any atom is -0.351 e. The number of benzene rings is 1. The number of hydrogen-bond donors (Lipinski definition) is 1. The van der Waals surface area contributed by atoms with Crippen LogP contribution in [0.15, 0.2) is 42.6 Å². The van der Waals surface area contributed by atoms with E-state index in [1.54, 1.807) is 18.3 Å². The predicted octanol–water partition coefficient (Wildman–Crippen LogP) is 4.03. The summed E-state index contributed by atoms with van der Waals surface area (Å²) in [7, 11) is 0. The summed E-state index contributed by atoms with van der Waals surface area (Å²) in [5, 5.41) is 2.77. The molecule has 1 aliphatic heterocycles. The van der Waals surface area contributed by atoms with Gasteiger partial charge in [-0.15, -0.1) is 0 Å². The van der Waals surface area contributed by atoms with Crippen molar-refractivity contribution in [3.8, 4) is 0 Å². The quantitative estimate of drug-likeness (QED) is 0.811. The van der Waals surface area contributed by atoms with Gasteiger partial charge in [0.05, 0.1) is 23.7 Å². The third-order valence-electron chi connectivity index (χ3n) is 6.51. The number of nitrogens with one attached hydrogen (secondary N) is 1. The lowest BCUT2D eigenvalue weighted by Crippen LogP contribution is -2.45. The third kappa shape index (κ3) is 3.83. The number of carbonyl (C=O) groups excluding carboxylic acids is 2. The highest BCUT2D eigenvalue weighted by molar-refractivity contribution is 5.89. The Bertz CT molecular complexity index is 940. The first-order chi connectivity index (χ1) is 14.5. The van der Waals surface area contributed by atoms with Crippen LogP contribution in [0.25, 0.3) is 0 Å². The predicted molar refractivity (Wildman–Crippen MR) is 112 cm³/mol. The summed E-state index contributed by atoms with van der Waals surface area (Å²) in [5.74, 6) is -0.342. The summed E-state index contributed by atoms with van der Waals surface area (Å²) in [6.07, 6.45) is 6.80. The van der Waals surface area contributed by atoms with Crippen molar-refractivity contribution in [2.75, 3.05) is 6.54 Å². The lowest BCUT2D eigenvalue weighted by Gasteiger charge is -2.36. The minimum atomic E-state index is -0.764. The molecule has 1 N–H and O–H groups in total. The fraction of sp³-hybridized carbons (Fsp3) is 0.458. The van der Waals surface area contributed by atoms with E-state index >= 15 is 0 Å². The largest absolute Gasteiger partial charge is 0.351 e. The standard InChI is InChI=1S/C24H28FN3O2/c1-17(29)27-16-19-15-18(10-13-26-19)22-9-6-14-28(22)23(30)24(11-4-5-12-24)20-7-2-3-8-21(20)25/h2-3,7-8,10,13,15,22H,4-6,9,11-12,14,16H2,1H3,(H,27,29)/t22-/m1/s1. The van der Waals surface area contributed by atoms with Gasteiger partial charge in [-0.2, -0.15) is 0 Å². The van der Waals surface area contributed by atoms with Crippen LogP contribution in [-0.2, 0) is 21.5 Å². The van der Waals surface area contributed by atoms with E-state index in [0.29, 0.717) is 31.5 Å². The maximum atomic E-state index is 14.7. The van der Waals surface area contributed by atoms with E-state index in [1.165, 1.54) is 13.0 Å². The van der Waals surface area contributed by atoms with Crippen LogP contribution in [0.4, 0.5) is 4.39 Å². The summed E-state index contributed by atoms with van der Waals surface area (Å²) >= 11 is 0. The van der Waals surface area contributed by atoms with Crippen LogP contribution in [0, 0.1) is 5.82 Å². The van der Waals surface area contributed by atoms with Gasteiger partial charge in [0.2, 0.25) is 11.8 Å². The molecule has 1 saturated heterocycles. The maximum absolute atomic E-state index is 14.7. The SMILES string of the molecule is CC(=O)NCc1cc([C@H]2CCCN2C(=O)C2(c3ccccc3F)CCCC2)ccn1. The van der Waals surface area contributed by atoms with Crippen molar-refractivity contribution in [3.05, 3.63) is 65.2 Å². The van der Waals surface area contributed by atoms with Gasteiger partial charge < -0.3 is 10.2 Å². The monoisotopic (exact) mass is 409 g/mol. The smallest absolute Gasteiger partial charge is 0.233 e. The molecule has 2 heterocycles. The van der Waals surface area contributed by atoms with Crippen molar-refractivity contribution in [2.45, 2.75) is 63.5 Å². The van der Waals surface area contributed by atoms with Gasteiger partial charge in [0.25, 0.3) is 0 Å². The van der Waals surface area contributed by atoms with Gasteiger partial charge in [0, 0.05) is 25.2 Å². The normalized spacial score (nSPS) is 20.3. The van der Waals surface area contributed by atoms with E-state index in [-0.39, 0.29) is 23.7 Å². The number of likely N-dealkylation sites (tertiary alicyclic amines) is 1. The topological polar surface area (TPSA) is 62.3 Å². The molecule has 4 rings (SSSR count). The second-order valence-electron chi connectivity index (χ2n) is 8.42. The Balaban J connectivity index is 1.63. The number of pyridine rings is 1. The van der Waals surface area contributed by atoms with Crippen LogP contribution >= 0.6 is 0 Å². The van der Waals surface area contributed by atoms with Crippen molar-refractivity contribution >= 4 is 11.8 Å². The average molecular weight is 410 g/mol. The first-order valence-corrected chi connectivity index (χ1v) is 10.8. The molecule has 6 heteroatoms. The first-order valence-electron chi connectivity index (χ1n) is 10.8. The molecule has 0 radical (unpaired) electrons. The van der Waals surface area contributed by atoms with Crippen LogP contribution < -0.4 is 5.32 Å². The van der Waals surface area contributed by atoms with Crippen LogP contribution in [0.1, 0.15) is 68.3 Å². The van der Waals surface area contributed by atoms with Crippen molar-refractivity contribution in [2.24, 2.45) is 0 Å². The van der Waals surface area contributed by atoms with E-state index in [1.807, 2.05) is 23.1 Å². The van der Waals surface area contributed by atoms with Crippen LogP contribution in [0.5, 0.6) is 0 Å². The van der Waals surface area contributed by atoms with Gasteiger partial charge >= 0.3 is 0 Å². The molecule has 158 valence electrons. The van der Waals surface area contributed by atoms with Gasteiger partial charge in [0.1, 0.15) is 5.82 Å². The third-order valence-corrected chi connectivity index (χ3v) is 6.51. The van der Waals surface area contributed by atoms with E-state index in [9.17, 15) is 14.0 Å². The first kappa shape index (κ1) is 20.5. The number of aromatic nitrogens is 1. The van der Waals surface area contributed by atoms with Crippen molar-refractivity contribution in [3.63, 3.8) is 0 Å². The molecule has 2 aromatic rings. The second-order valence-corrected chi connectivity index (χ2v) is 8.42. The molecular formula is C24H28FN3O2. The Morgan fingerprint density at radius 2 is 1.97 bits per heavy atom. The van der Waals surface area contributed by atoms with E-state index in [0.717, 1.165) is 36.9 Å². The summed E-state index contributed by atoms with van der Waals surface area (Å²) < 4.78 is 14.7. The minimum absolute atomic E-state index is 0.0409. The maximum Gasteiger partial charge on any atom is 0.233 e. The molecule has 1 aliphatic carbocycles. The Kier molecular flexibility index (Phi) is 5.84. The molecule has 2 aliphatic rings. The Morgan fingerprint density at radius 1 is 1.20 bits per heavy atom. The fourth-order valence-corrected chi connectivity index (χ4v) is 5.07. The lowest BCUT2D eigenvalue weighted by atomic mass is 9.77. The molecule has 1 aromatic heterocycles. The molecule has 2 amide bonds. The summed E-state index contributed by atoms with van der Waals surface area (Å²) in [5.41, 5.74) is 1.57. The van der Waals surface area contributed by atoms with E-state index < -0.39 is 5.41 Å². The number of carbonyl (C=O) groups is 2. The van der Waals surface area contributed by atoms with Gasteiger partial charge in [-0.05, 0) is 49.4 Å². The molecular weight excluding hydrogens is 381 g/mol. The molecule has 30 heavy (non-hydrogen) atoms. The number of rotatable bonds is 5. The van der Waals surface area contributed by atoms with Gasteiger partial charge in [-0.3, -0.25) is 14.6 Å². The number of nitrogens with zero attached hydrogens (tertiary/aromatic N) is 2. The summed E-state index contributed by atoms with van der Waals surface area (Å²) in [6, 6.07) is 10.6. The van der Waals surface area contributed by atoms with E-state index in [4.69, 9.17) is 0 Å². The Labute approximate surface area is 176 Å². The highest BCUT2D eigenvalue weighted by atomic mass is 19.1. The zero-order chi connectivity index (χ0) is 21.1. The second kappa shape index (κ2) is 8.54. The molecule has 1 aromatic carbocycles. The van der Waals surface area contributed by atoms with Crippen LogP contribution in [0.2, 0.25) is 0 Å². The van der Waals surface area contributed by atoms with Crippen LogP contribution in [0.3, 0.4) is 0 Å². The van der Waals surface area contributed by atoms with Crippen LogP contribution in [-0.4, -0.2) is 28.2 Å². The van der Waals surface area contributed by atoms with Gasteiger partial charge in [-0.1, -0.05) is 31.0 Å². The molecule has 2 fully saturated rings. The molecule has 1 atom stereocenters. The zero-order valence-electron chi connectivity index (χ0n) is 17.4. The Morgan fingerprint density at radius 3 is 2.70 bits per heavy atom. The highest BCUT2D eigenvalue weighted by Crippen LogP contribution is 2.46. The molecule has 0 bridgehead atoms. The van der Waals surface area contributed by atoms with Crippen molar-refractivity contribution in [1.29, 1.82) is 0 Å². The van der Waals surface area contributed by atoms with E-state index in [2.05, 4.69) is 10.3 Å². The van der Waals surface area contributed by atoms with Gasteiger partial charge in [-0.25, -0.2) is 4.39 Å². The summed E-state index contributed by atoms with van der Waals surface area (Å²) in [6.45, 7) is 2.52. The Hall–Kier alpha value is -2.76. The molecule has 0 unspecified atom stereocenters. The molecule has 0 spiro atoms. The summed E-state index contributed by atoms with van der Waals surface area (Å²) in [4.78, 5) is 31.4. The van der Waals surface area contributed by atoms with Crippen molar-refractivity contribution < 1.29 is 14.0 Å². The van der Waals surface area contributed by atoms with Crippen molar-refractivity contribution in [1.82, 2.24) is 15.2 Å². The molecule has 5 nitrogen and oxygen atoms in total. The number of hydrogen-bond acceptors (Lipinski definition) is 3. The average Bonchev–Trinajstić information content (AvgIpc) is 3.43. The fourth-order valence-electron chi connectivity index (χ4n) is 5.07. The number of halogens is 1. The molecule has 1 saturated carbocycles. The zero-order valence-corrected chi connectivity index (χ0v) is 17.4.